The van der Waals surface area contributed by atoms with Gasteiger partial charge in [0.25, 0.3) is 0 Å². The summed E-state index contributed by atoms with van der Waals surface area (Å²) >= 11 is 0. The predicted molar refractivity (Wildman–Crippen MR) is 75.7 cm³/mol. The van der Waals surface area contributed by atoms with Crippen molar-refractivity contribution in [3.05, 3.63) is 72.8 Å². The average Bonchev–Trinajstić information content (AvgIpc) is 2.90. The van der Waals surface area contributed by atoms with Gasteiger partial charge in [-0.15, -0.1) is 23.0 Å². The third-order valence-electron chi connectivity index (χ3n) is 2.77. The molecule has 0 spiro atoms. The van der Waals surface area contributed by atoms with Crippen molar-refractivity contribution < 1.29 is 21.7 Å². The van der Waals surface area contributed by atoms with Gasteiger partial charge < -0.3 is 0 Å². The fourth-order valence-corrected chi connectivity index (χ4v) is 3.06. The molecule has 0 saturated heterocycles. The van der Waals surface area contributed by atoms with E-state index in [1.807, 2.05) is 6.07 Å². The maximum Gasteiger partial charge on any atom is 0 e. The summed E-state index contributed by atoms with van der Waals surface area (Å²) in [6.07, 6.45) is 0. The maximum absolute atomic E-state index is 3.39. The van der Waals surface area contributed by atoms with Crippen LogP contribution in [0.15, 0.2) is 66.7 Å². The summed E-state index contributed by atoms with van der Waals surface area (Å²) in [6.45, 7) is 0. The van der Waals surface area contributed by atoms with Crippen LogP contribution in [0.5, 0.6) is 0 Å². The van der Waals surface area contributed by atoms with Crippen molar-refractivity contribution in [2.24, 2.45) is 0 Å². The summed E-state index contributed by atoms with van der Waals surface area (Å²) in [7, 11) is 0.712. The summed E-state index contributed by atoms with van der Waals surface area (Å²) in [5, 5.41) is 2.69. The molecule has 1 aromatic heterocycles. The van der Waals surface area contributed by atoms with Crippen LogP contribution in [0.2, 0.25) is 0 Å². The van der Waals surface area contributed by atoms with Gasteiger partial charge in [0, 0.05) is 21.7 Å². The van der Waals surface area contributed by atoms with E-state index in [0.29, 0.717) is 8.19 Å². The van der Waals surface area contributed by atoms with Gasteiger partial charge in [-0.2, -0.15) is 12.1 Å². The third kappa shape index (κ3) is 2.84. The fourth-order valence-electron chi connectivity index (χ4n) is 1.88. The van der Waals surface area contributed by atoms with Gasteiger partial charge in [0.2, 0.25) is 0 Å². The summed E-state index contributed by atoms with van der Waals surface area (Å²) in [5.41, 5.74) is 2.59. The van der Waals surface area contributed by atoms with Crippen LogP contribution < -0.4 is 0 Å². The van der Waals surface area contributed by atoms with Gasteiger partial charge in [-0.1, -0.05) is 59.4 Å². The van der Waals surface area contributed by atoms with Crippen molar-refractivity contribution in [3.8, 4) is 21.7 Å². The molecule has 1 heterocycles. The maximum atomic E-state index is 3.39. The first-order chi connectivity index (χ1) is 8.43. The average molecular weight is 283 g/mol. The molecule has 0 saturated carbocycles. The predicted octanol–water partition coefficient (Wildman–Crippen LogP) is 4.85. The number of hydrogen-bond acceptors (Lipinski definition) is 0. The molecule has 0 N–H and O–H groups in total. The Morgan fingerprint density at radius 1 is 0.722 bits per heavy atom. The smallest absolute Gasteiger partial charge is 0 e. The molecular formula is C16H12PTi-. The fraction of sp³-hybridized carbons (Fsp3) is 0. The Morgan fingerprint density at radius 3 is 1.89 bits per heavy atom. The zero-order valence-electron chi connectivity index (χ0n) is 9.85. The zero-order valence-corrected chi connectivity index (χ0v) is 12.4. The van der Waals surface area contributed by atoms with Crippen LogP contribution in [0, 0.1) is 6.07 Å². The molecule has 18 heavy (non-hydrogen) atoms. The molecule has 0 bridgehead atoms. The van der Waals surface area contributed by atoms with Crippen molar-refractivity contribution in [2.75, 3.05) is 0 Å². The minimum atomic E-state index is 0. The van der Waals surface area contributed by atoms with Gasteiger partial charge in [0.05, 0.1) is 0 Å². The van der Waals surface area contributed by atoms with Crippen LogP contribution >= 0.6 is 8.19 Å². The van der Waals surface area contributed by atoms with Gasteiger partial charge in [0.15, 0.2) is 0 Å². The van der Waals surface area contributed by atoms with E-state index in [1.165, 1.54) is 21.7 Å². The largest absolute Gasteiger partial charge is 0.207 e. The van der Waals surface area contributed by atoms with E-state index >= 15 is 0 Å². The standard InChI is InChI=1S/C16H12P.Ti/c1-3-7-13(8-4-1)15-11-12-16(17-15)14-9-5-2-6-10-14;/h1-11,17H;/q-1;. The Balaban J connectivity index is 0.00000120. The van der Waals surface area contributed by atoms with Gasteiger partial charge >= 0.3 is 0 Å². The van der Waals surface area contributed by atoms with Crippen LogP contribution in [0.1, 0.15) is 0 Å². The van der Waals surface area contributed by atoms with Crippen LogP contribution in [0.4, 0.5) is 0 Å². The first-order valence-electron chi connectivity index (χ1n) is 5.65. The monoisotopic (exact) mass is 283 g/mol. The normalized spacial score (nSPS) is 10.2. The molecule has 0 aliphatic carbocycles. The van der Waals surface area contributed by atoms with E-state index in [9.17, 15) is 0 Å². The van der Waals surface area contributed by atoms with Crippen LogP contribution in [0.25, 0.3) is 21.7 Å². The van der Waals surface area contributed by atoms with Crippen LogP contribution in [-0.4, -0.2) is 0 Å². The second kappa shape index (κ2) is 6.20. The molecule has 1 unspecified atom stereocenters. The molecular weight excluding hydrogens is 271 g/mol. The summed E-state index contributed by atoms with van der Waals surface area (Å²) in [6, 6.07) is 26.6. The van der Waals surface area contributed by atoms with E-state index in [2.05, 4.69) is 66.7 Å². The third-order valence-corrected chi connectivity index (χ3v) is 4.15. The van der Waals surface area contributed by atoms with Crippen molar-refractivity contribution in [2.45, 2.75) is 0 Å². The Kier molecular flexibility index (Phi) is 4.61. The number of hydrogen-bond donors (Lipinski definition) is 0. The first kappa shape index (κ1) is 13.4. The minimum Gasteiger partial charge on any atom is -0.207 e. The minimum absolute atomic E-state index is 0. The molecule has 3 rings (SSSR count). The number of rotatable bonds is 2. The summed E-state index contributed by atoms with van der Waals surface area (Å²) in [5.74, 6) is 0. The Labute approximate surface area is 124 Å². The molecule has 1 atom stereocenters. The second-order valence-corrected chi connectivity index (χ2v) is 5.22. The zero-order chi connectivity index (χ0) is 11.5. The van der Waals surface area contributed by atoms with Crippen LogP contribution in [0.3, 0.4) is 0 Å². The molecule has 86 valence electrons. The Hall–Kier alpha value is -1.07. The number of benzene rings is 2. The van der Waals surface area contributed by atoms with E-state index in [4.69, 9.17) is 0 Å². The molecule has 3 aromatic rings. The molecule has 0 amide bonds. The Morgan fingerprint density at radius 2 is 1.28 bits per heavy atom. The summed E-state index contributed by atoms with van der Waals surface area (Å²) in [4.78, 5) is 0. The van der Waals surface area contributed by atoms with Gasteiger partial charge in [-0.3, -0.25) is 0 Å². The summed E-state index contributed by atoms with van der Waals surface area (Å²) < 4.78 is 0. The van der Waals surface area contributed by atoms with Gasteiger partial charge in [-0.05, 0) is 0 Å². The Bertz CT molecular complexity index is 545. The van der Waals surface area contributed by atoms with Gasteiger partial charge in [-0.25, -0.2) is 8.19 Å². The topological polar surface area (TPSA) is 0 Å². The molecule has 0 aliphatic heterocycles. The van der Waals surface area contributed by atoms with Gasteiger partial charge in [0.1, 0.15) is 0 Å². The van der Waals surface area contributed by atoms with E-state index < -0.39 is 0 Å². The van der Waals surface area contributed by atoms with E-state index in [1.54, 1.807) is 0 Å². The molecule has 2 aromatic carbocycles. The SMILES string of the molecule is [Ti].[c-]1cc(-c2ccccc2)[pH]c1-c1ccccc1. The van der Waals surface area contributed by atoms with E-state index in [0.717, 1.165) is 0 Å². The molecule has 2 heteroatoms. The van der Waals surface area contributed by atoms with Crippen molar-refractivity contribution in [3.63, 3.8) is 0 Å². The van der Waals surface area contributed by atoms with Crippen molar-refractivity contribution in [1.29, 1.82) is 0 Å². The molecule has 0 aliphatic rings. The first-order valence-corrected chi connectivity index (χ1v) is 6.65. The van der Waals surface area contributed by atoms with Crippen LogP contribution in [-0.2, 0) is 21.7 Å². The molecule has 0 radical (unpaired) electrons. The quantitative estimate of drug-likeness (QED) is 0.466. The molecule has 0 fully saturated rings. The van der Waals surface area contributed by atoms with Crippen molar-refractivity contribution in [1.82, 2.24) is 0 Å². The molecule has 0 nitrogen and oxygen atoms in total. The van der Waals surface area contributed by atoms with E-state index in [-0.39, 0.29) is 21.7 Å². The second-order valence-electron chi connectivity index (χ2n) is 3.93. The van der Waals surface area contributed by atoms with Crippen molar-refractivity contribution >= 4 is 8.19 Å².